The van der Waals surface area contributed by atoms with Crippen molar-refractivity contribution in [3.05, 3.63) is 74.9 Å². The third kappa shape index (κ3) is 3.64. The molecule has 1 heterocycles. The largest absolute Gasteiger partial charge is 0.329 e. The third-order valence-corrected chi connectivity index (χ3v) is 4.55. The number of fused-ring (bicyclic) bond motifs is 1. The Morgan fingerprint density at radius 3 is 2.43 bits per heavy atom. The first kappa shape index (κ1) is 19.3. The molecule has 0 aliphatic rings. The van der Waals surface area contributed by atoms with E-state index in [-0.39, 0.29) is 11.7 Å². The van der Waals surface area contributed by atoms with Gasteiger partial charge >= 0.3 is 5.69 Å². The molecule has 1 unspecified atom stereocenters. The summed E-state index contributed by atoms with van der Waals surface area (Å²) in [4.78, 5) is 52.7. The van der Waals surface area contributed by atoms with Crippen molar-refractivity contribution in [3.63, 3.8) is 0 Å². The number of benzene rings is 2. The van der Waals surface area contributed by atoms with Crippen LogP contribution in [0.4, 0.5) is 5.69 Å². The normalized spacial score (nSPS) is 12.1. The summed E-state index contributed by atoms with van der Waals surface area (Å²) in [6.45, 7) is 4.96. The van der Waals surface area contributed by atoms with Crippen molar-refractivity contribution < 1.29 is 9.59 Å². The smallest absolute Gasteiger partial charge is 0.324 e. The average molecular weight is 379 g/mol. The number of carbonyl (C=O) groups is 2. The summed E-state index contributed by atoms with van der Waals surface area (Å²) >= 11 is 0. The van der Waals surface area contributed by atoms with Crippen LogP contribution in [0, 0.1) is 5.92 Å². The molecule has 0 saturated heterocycles. The van der Waals surface area contributed by atoms with Crippen LogP contribution in [0.5, 0.6) is 0 Å². The summed E-state index contributed by atoms with van der Waals surface area (Å²) < 4.78 is 0.956. The van der Waals surface area contributed by atoms with Crippen LogP contribution in [0.1, 0.15) is 37.2 Å². The number of Topliss-reactive ketones (excluding diaryl/α,β-unsaturated/α-hetero) is 1. The molecule has 144 valence electrons. The second-order valence-corrected chi connectivity index (χ2v) is 6.97. The average Bonchev–Trinajstić information content (AvgIpc) is 2.64. The number of hydrogen-bond donors (Lipinski definition) is 2. The number of anilines is 1. The number of aromatic nitrogens is 2. The standard InChI is InChI=1S/C21H21N3O4/c1-12(2)18(19(26)22-15-8-6-7-14(11-15)13(3)25)24-20(27)16-9-4-5-10-17(16)23-21(24)28/h4-12,18H,1-3H3,(H,22,26)(H,23,28). The minimum absolute atomic E-state index is 0.126. The Labute approximate surface area is 161 Å². The quantitative estimate of drug-likeness (QED) is 0.666. The van der Waals surface area contributed by atoms with Gasteiger partial charge in [0.1, 0.15) is 6.04 Å². The van der Waals surface area contributed by atoms with Gasteiger partial charge in [0.15, 0.2) is 5.78 Å². The molecule has 2 aromatic carbocycles. The van der Waals surface area contributed by atoms with Gasteiger partial charge in [-0.15, -0.1) is 0 Å². The van der Waals surface area contributed by atoms with E-state index in [1.54, 1.807) is 62.4 Å². The molecule has 3 rings (SSSR count). The summed E-state index contributed by atoms with van der Waals surface area (Å²) in [7, 11) is 0. The van der Waals surface area contributed by atoms with Gasteiger partial charge in [-0.05, 0) is 37.1 Å². The highest BCUT2D eigenvalue weighted by atomic mass is 16.2. The maximum absolute atomic E-state index is 13.0. The van der Waals surface area contributed by atoms with Crippen molar-refractivity contribution in [2.24, 2.45) is 5.92 Å². The zero-order valence-electron chi connectivity index (χ0n) is 15.9. The first-order valence-corrected chi connectivity index (χ1v) is 8.95. The number of amides is 1. The molecule has 0 spiro atoms. The Hall–Kier alpha value is -3.48. The molecule has 1 aromatic heterocycles. The summed E-state index contributed by atoms with van der Waals surface area (Å²) in [5.41, 5.74) is 0.139. The number of nitrogens with zero attached hydrogens (tertiary/aromatic N) is 1. The maximum atomic E-state index is 13.0. The molecule has 0 saturated carbocycles. The van der Waals surface area contributed by atoms with Gasteiger partial charge in [0.25, 0.3) is 5.56 Å². The van der Waals surface area contributed by atoms with Gasteiger partial charge in [-0.1, -0.05) is 38.1 Å². The molecular weight excluding hydrogens is 358 g/mol. The monoisotopic (exact) mass is 379 g/mol. The molecule has 7 nitrogen and oxygen atoms in total. The summed E-state index contributed by atoms with van der Waals surface area (Å²) in [5, 5.41) is 3.05. The van der Waals surface area contributed by atoms with Crippen LogP contribution < -0.4 is 16.6 Å². The summed E-state index contributed by atoms with van der Waals surface area (Å²) in [6, 6.07) is 12.2. The summed E-state index contributed by atoms with van der Waals surface area (Å²) in [6.07, 6.45) is 0. The SMILES string of the molecule is CC(=O)c1cccc(NC(=O)C(C(C)C)n2c(=O)[nH]c3ccccc3c2=O)c1. The predicted molar refractivity (Wildman–Crippen MR) is 108 cm³/mol. The van der Waals surface area contributed by atoms with E-state index < -0.39 is 23.2 Å². The van der Waals surface area contributed by atoms with Crippen LogP contribution in [0.2, 0.25) is 0 Å². The lowest BCUT2D eigenvalue weighted by Gasteiger charge is -2.22. The first-order chi connectivity index (χ1) is 13.3. The van der Waals surface area contributed by atoms with Gasteiger partial charge in [0.2, 0.25) is 5.91 Å². The molecule has 0 fully saturated rings. The van der Waals surface area contributed by atoms with Crippen LogP contribution in [0.3, 0.4) is 0 Å². The number of ketones is 1. The highest BCUT2D eigenvalue weighted by Gasteiger charge is 2.28. The molecule has 3 aromatic rings. The predicted octanol–water partition coefficient (Wildman–Crippen LogP) is 2.73. The molecule has 0 aliphatic heterocycles. The fourth-order valence-electron chi connectivity index (χ4n) is 3.18. The highest BCUT2D eigenvalue weighted by Crippen LogP contribution is 2.19. The van der Waals surface area contributed by atoms with Gasteiger partial charge in [-0.25, -0.2) is 9.36 Å². The molecule has 7 heteroatoms. The number of para-hydroxylation sites is 1. The van der Waals surface area contributed by atoms with E-state index in [0.29, 0.717) is 22.2 Å². The van der Waals surface area contributed by atoms with E-state index in [9.17, 15) is 19.2 Å². The van der Waals surface area contributed by atoms with Gasteiger partial charge < -0.3 is 10.3 Å². The highest BCUT2D eigenvalue weighted by molar-refractivity contribution is 5.98. The maximum Gasteiger partial charge on any atom is 0.329 e. The van der Waals surface area contributed by atoms with Crippen LogP contribution in [-0.4, -0.2) is 21.2 Å². The number of rotatable bonds is 5. The van der Waals surface area contributed by atoms with E-state index in [2.05, 4.69) is 10.3 Å². The van der Waals surface area contributed by atoms with E-state index in [4.69, 9.17) is 0 Å². The lowest BCUT2D eigenvalue weighted by molar-refractivity contribution is -0.120. The van der Waals surface area contributed by atoms with Gasteiger partial charge in [-0.2, -0.15) is 0 Å². The van der Waals surface area contributed by atoms with Crippen LogP contribution in [-0.2, 0) is 4.79 Å². The Morgan fingerprint density at radius 2 is 1.75 bits per heavy atom. The van der Waals surface area contributed by atoms with E-state index >= 15 is 0 Å². The van der Waals surface area contributed by atoms with Gasteiger partial charge in [-0.3, -0.25) is 14.4 Å². The molecule has 2 N–H and O–H groups in total. The van der Waals surface area contributed by atoms with Gasteiger partial charge in [0, 0.05) is 11.3 Å². The zero-order valence-corrected chi connectivity index (χ0v) is 15.9. The fourth-order valence-corrected chi connectivity index (χ4v) is 3.18. The van der Waals surface area contributed by atoms with Crippen molar-refractivity contribution in [2.75, 3.05) is 5.32 Å². The van der Waals surface area contributed by atoms with E-state index in [0.717, 1.165) is 4.57 Å². The second-order valence-electron chi connectivity index (χ2n) is 6.97. The lowest BCUT2D eigenvalue weighted by atomic mass is 10.0. The third-order valence-electron chi connectivity index (χ3n) is 4.55. The van der Waals surface area contributed by atoms with Crippen molar-refractivity contribution >= 4 is 28.3 Å². The Balaban J connectivity index is 2.05. The molecule has 1 atom stereocenters. The van der Waals surface area contributed by atoms with Crippen molar-refractivity contribution in [3.8, 4) is 0 Å². The fraction of sp³-hybridized carbons (Fsp3) is 0.238. The van der Waals surface area contributed by atoms with Crippen molar-refractivity contribution in [1.82, 2.24) is 9.55 Å². The zero-order chi connectivity index (χ0) is 20.4. The first-order valence-electron chi connectivity index (χ1n) is 8.95. The molecule has 0 aliphatic carbocycles. The number of H-pyrrole nitrogens is 1. The van der Waals surface area contributed by atoms with Crippen molar-refractivity contribution in [2.45, 2.75) is 26.8 Å². The number of carbonyl (C=O) groups excluding carboxylic acids is 2. The van der Waals surface area contributed by atoms with Gasteiger partial charge in [0.05, 0.1) is 10.9 Å². The second kappa shape index (κ2) is 7.64. The number of hydrogen-bond acceptors (Lipinski definition) is 4. The van der Waals surface area contributed by atoms with E-state index in [1.165, 1.54) is 6.92 Å². The Bertz CT molecular complexity index is 1170. The van der Waals surface area contributed by atoms with E-state index in [1.807, 2.05) is 0 Å². The molecule has 1 amide bonds. The molecular formula is C21H21N3O4. The van der Waals surface area contributed by atoms with Crippen molar-refractivity contribution in [1.29, 1.82) is 0 Å². The van der Waals surface area contributed by atoms with Crippen LogP contribution in [0.15, 0.2) is 58.1 Å². The minimum atomic E-state index is -1.01. The number of nitrogens with one attached hydrogen (secondary N) is 2. The Morgan fingerprint density at radius 1 is 1.04 bits per heavy atom. The molecule has 28 heavy (non-hydrogen) atoms. The lowest BCUT2D eigenvalue weighted by Crippen LogP contribution is -2.44. The molecule has 0 radical (unpaired) electrons. The van der Waals surface area contributed by atoms with Crippen LogP contribution >= 0.6 is 0 Å². The Kier molecular flexibility index (Phi) is 5.26. The number of aromatic amines is 1. The topological polar surface area (TPSA) is 101 Å². The minimum Gasteiger partial charge on any atom is -0.324 e. The summed E-state index contributed by atoms with van der Waals surface area (Å²) in [5.74, 6) is -0.951. The van der Waals surface area contributed by atoms with Crippen LogP contribution in [0.25, 0.3) is 10.9 Å². The molecule has 0 bridgehead atoms.